The van der Waals surface area contributed by atoms with Gasteiger partial charge in [0.05, 0.1) is 28.0 Å². The van der Waals surface area contributed by atoms with Crippen molar-refractivity contribution in [2.75, 3.05) is 18.4 Å². The van der Waals surface area contributed by atoms with Crippen LogP contribution in [0, 0.1) is 0 Å². The van der Waals surface area contributed by atoms with Gasteiger partial charge in [0.15, 0.2) is 0 Å². The molecule has 34 heavy (non-hydrogen) atoms. The lowest BCUT2D eigenvalue weighted by atomic mass is 9.92. The Labute approximate surface area is 214 Å². The molecule has 0 aliphatic heterocycles. The van der Waals surface area contributed by atoms with Gasteiger partial charge in [-0.3, -0.25) is 9.59 Å². The Balaban J connectivity index is 2.17. The molecule has 0 spiro atoms. The van der Waals surface area contributed by atoms with Crippen LogP contribution < -0.4 is 5.32 Å². The highest BCUT2D eigenvalue weighted by Crippen LogP contribution is 2.29. The number of halogens is 2. The molecule has 8 heteroatoms. The van der Waals surface area contributed by atoms with Gasteiger partial charge in [-0.15, -0.1) is 0 Å². The van der Waals surface area contributed by atoms with Crippen LogP contribution in [0.4, 0.5) is 5.82 Å². The molecule has 0 aliphatic carbocycles. The number of benzene rings is 1. The van der Waals surface area contributed by atoms with Crippen LogP contribution in [0.2, 0.25) is 10.0 Å². The Hall–Kier alpha value is -2.05. The highest BCUT2D eigenvalue weighted by molar-refractivity contribution is 6.42. The molecule has 1 aromatic heterocycles. The monoisotopic (exact) mass is 508 g/mol. The van der Waals surface area contributed by atoms with Crippen LogP contribution in [0.5, 0.6) is 0 Å². The minimum absolute atomic E-state index is 0.0129. The van der Waals surface area contributed by atoms with Gasteiger partial charge >= 0.3 is 0 Å². The smallest absolute Gasteiger partial charge is 0.245 e. The van der Waals surface area contributed by atoms with Gasteiger partial charge in [-0.2, -0.15) is 5.10 Å². The number of carbonyl (C=O) groups is 2. The van der Waals surface area contributed by atoms with Crippen molar-refractivity contribution in [2.45, 2.75) is 85.0 Å². The molecule has 6 nitrogen and oxygen atoms in total. The molecule has 0 fully saturated rings. The van der Waals surface area contributed by atoms with Gasteiger partial charge in [0, 0.05) is 24.4 Å². The van der Waals surface area contributed by atoms with Gasteiger partial charge in [-0.05, 0) is 31.0 Å². The van der Waals surface area contributed by atoms with Crippen molar-refractivity contribution < 1.29 is 9.59 Å². The molecule has 1 heterocycles. The topological polar surface area (TPSA) is 67.2 Å². The molecule has 0 unspecified atom stereocenters. The van der Waals surface area contributed by atoms with Crippen molar-refractivity contribution >= 4 is 40.8 Å². The van der Waals surface area contributed by atoms with Crippen molar-refractivity contribution in [3.63, 3.8) is 0 Å². The second-order valence-electron chi connectivity index (χ2n) is 9.70. The van der Waals surface area contributed by atoms with E-state index in [9.17, 15) is 9.59 Å². The SMILES string of the molecule is CCCCCCCC(=O)N(CCC)CC(=O)Nc1cc(C(C)(C)C)nn1-c1ccc(Cl)c(Cl)c1. The van der Waals surface area contributed by atoms with E-state index in [0.717, 1.165) is 31.4 Å². The fraction of sp³-hybridized carbons (Fsp3) is 0.577. The van der Waals surface area contributed by atoms with Crippen LogP contribution in [0.1, 0.15) is 85.3 Å². The fourth-order valence-corrected chi connectivity index (χ4v) is 3.90. The van der Waals surface area contributed by atoms with E-state index in [-0.39, 0.29) is 23.8 Å². The quantitative estimate of drug-likeness (QED) is 0.313. The standard InChI is InChI=1S/C26H38Cl2N4O2/c1-6-8-9-10-11-12-25(34)31(15-7-2)18-24(33)29-23-17-22(26(3,4)5)30-32(23)19-13-14-20(27)21(28)16-19/h13-14,16-17H,6-12,15,18H2,1-5H3,(H,29,33). The Kier molecular flexibility index (Phi) is 10.9. The summed E-state index contributed by atoms with van der Waals surface area (Å²) in [7, 11) is 0. The van der Waals surface area contributed by atoms with E-state index < -0.39 is 0 Å². The number of anilines is 1. The Bertz CT molecular complexity index is 966. The second kappa shape index (κ2) is 13.1. The lowest BCUT2D eigenvalue weighted by molar-refractivity contribution is -0.134. The molecule has 0 saturated carbocycles. The Morgan fingerprint density at radius 2 is 1.71 bits per heavy atom. The molecule has 0 radical (unpaired) electrons. The van der Waals surface area contributed by atoms with Gasteiger partial charge < -0.3 is 10.2 Å². The summed E-state index contributed by atoms with van der Waals surface area (Å²) >= 11 is 12.3. The first-order valence-electron chi connectivity index (χ1n) is 12.2. The Morgan fingerprint density at radius 1 is 1.00 bits per heavy atom. The number of nitrogens with one attached hydrogen (secondary N) is 1. The van der Waals surface area contributed by atoms with Crippen molar-refractivity contribution in [1.29, 1.82) is 0 Å². The molecule has 2 amide bonds. The summed E-state index contributed by atoms with van der Waals surface area (Å²) in [6.07, 6.45) is 6.69. The first-order valence-corrected chi connectivity index (χ1v) is 13.0. The van der Waals surface area contributed by atoms with E-state index in [4.69, 9.17) is 28.3 Å². The third-order valence-electron chi connectivity index (χ3n) is 5.57. The van der Waals surface area contributed by atoms with Crippen molar-refractivity contribution in [1.82, 2.24) is 14.7 Å². The van der Waals surface area contributed by atoms with Crippen molar-refractivity contribution in [3.8, 4) is 5.69 Å². The van der Waals surface area contributed by atoms with Gasteiger partial charge in [-0.1, -0.05) is 83.5 Å². The molecule has 188 valence electrons. The summed E-state index contributed by atoms with van der Waals surface area (Å²) in [4.78, 5) is 27.4. The predicted octanol–water partition coefficient (Wildman–Crippen LogP) is 7.01. The van der Waals surface area contributed by atoms with Crippen LogP contribution in [0.15, 0.2) is 24.3 Å². The highest BCUT2D eigenvalue weighted by Gasteiger charge is 2.23. The zero-order valence-corrected chi connectivity index (χ0v) is 22.6. The summed E-state index contributed by atoms with van der Waals surface area (Å²) in [5, 5.41) is 8.52. The number of aromatic nitrogens is 2. The van der Waals surface area contributed by atoms with Gasteiger partial charge in [0.25, 0.3) is 0 Å². The van der Waals surface area contributed by atoms with E-state index >= 15 is 0 Å². The van der Waals surface area contributed by atoms with E-state index in [1.807, 2.05) is 13.0 Å². The molecule has 0 saturated heterocycles. The number of carbonyl (C=O) groups excluding carboxylic acids is 2. The van der Waals surface area contributed by atoms with Crippen LogP contribution in [-0.2, 0) is 15.0 Å². The molecular weight excluding hydrogens is 471 g/mol. The fourth-order valence-electron chi connectivity index (χ4n) is 3.61. The summed E-state index contributed by atoms with van der Waals surface area (Å²) in [6.45, 7) is 10.9. The molecular formula is C26H38Cl2N4O2. The summed E-state index contributed by atoms with van der Waals surface area (Å²) in [5.74, 6) is 0.299. The number of nitrogens with zero attached hydrogens (tertiary/aromatic N) is 3. The second-order valence-corrected chi connectivity index (χ2v) is 10.5. The molecule has 0 aliphatic rings. The van der Waals surface area contributed by atoms with Crippen LogP contribution >= 0.6 is 23.2 Å². The number of unbranched alkanes of at least 4 members (excludes halogenated alkanes) is 4. The van der Waals surface area contributed by atoms with Crippen molar-refractivity contribution in [3.05, 3.63) is 40.0 Å². The third-order valence-corrected chi connectivity index (χ3v) is 6.31. The molecule has 2 rings (SSSR count). The molecule has 1 N–H and O–H groups in total. The van der Waals surface area contributed by atoms with E-state index in [1.54, 1.807) is 27.8 Å². The maximum atomic E-state index is 13.0. The van der Waals surface area contributed by atoms with E-state index in [2.05, 4.69) is 33.0 Å². The normalized spacial score (nSPS) is 11.5. The molecule has 0 bridgehead atoms. The lowest BCUT2D eigenvalue weighted by Gasteiger charge is -2.22. The van der Waals surface area contributed by atoms with Crippen LogP contribution in [-0.4, -0.2) is 39.6 Å². The van der Waals surface area contributed by atoms with E-state index in [0.29, 0.717) is 34.5 Å². The maximum Gasteiger partial charge on any atom is 0.245 e. The highest BCUT2D eigenvalue weighted by atomic mass is 35.5. The number of amides is 2. The molecule has 2 aromatic rings. The van der Waals surface area contributed by atoms with Crippen molar-refractivity contribution in [2.24, 2.45) is 0 Å². The third kappa shape index (κ3) is 8.31. The van der Waals surface area contributed by atoms with Crippen LogP contribution in [0.3, 0.4) is 0 Å². The first kappa shape index (κ1) is 28.2. The summed E-state index contributed by atoms with van der Waals surface area (Å²) < 4.78 is 1.65. The Morgan fingerprint density at radius 3 is 2.32 bits per heavy atom. The van der Waals surface area contributed by atoms with Crippen LogP contribution in [0.25, 0.3) is 5.69 Å². The first-order chi connectivity index (χ1) is 16.1. The largest absolute Gasteiger partial charge is 0.333 e. The minimum atomic E-state index is -0.255. The molecule has 0 atom stereocenters. The summed E-state index contributed by atoms with van der Waals surface area (Å²) in [6, 6.07) is 7.07. The minimum Gasteiger partial charge on any atom is -0.333 e. The zero-order chi connectivity index (χ0) is 25.3. The zero-order valence-electron chi connectivity index (χ0n) is 21.1. The average Bonchev–Trinajstić information content (AvgIpc) is 3.19. The number of hydrogen-bond acceptors (Lipinski definition) is 3. The van der Waals surface area contributed by atoms with E-state index in [1.165, 1.54) is 12.8 Å². The lowest BCUT2D eigenvalue weighted by Crippen LogP contribution is -2.38. The average molecular weight is 510 g/mol. The van der Waals surface area contributed by atoms with Gasteiger partial charge in [0.2, 0.25) is 11.8 Å². The maximum absolute atomic E-state index is 13.0. The molecule has 1 aromatic carbocycles. The number of rotatable bonds is 12. The van der Waals surface area contributed by atoms with Gasteiger partial charge in [-0.25, -0.2) is 4.68 Å². The number of hydrogen-bond donors (Lipinski definition) is 1. The predicted molar refractivity (Wildman–Crippen MR) is 141 cm³/mol. The summed E-state index contributed by atoms with van der Waals surface area (Å²) in [5.41, 5.74) is 1.29. The van der Waals surface area contributed by atoms with Gasteiger partial charge in [0.1, 0.15) is 5.82 Å².